The summed E-state index contributed by atoms with van der Waals surface area (Å²) in [5, 5.41) is 4.16. The summed E-state index contributed by atoms with van der Waals surface area (Å²) in [5.41, 5.74) is 13.5. The lowest BCUT2D eigenvalue weighted by atomic mass is 10.2. The Morgan fingerprint density at radius 3 is 2.76 bits per heavy atom. The number of hydrogen-bond donors (Lipinski definition) is 2. The monoisotopic (exact) mass is 391 g/mol. The summed E-state index contributed by atoms with van der Waals surface area (Å²) in [6, 6.07) is 9.34. The molecule has 0 saturated heterocycles. The fourth-order valence-corrected chi connectivity index (χ4v) is 3.08. The van der Waals surface area contributed by atoms with E-state index in [1.54, 1.807) is 6.20 Å². The number of nitrogens with zero attached hydrogens (tertiary/aromatic N) is 3. The summed E-state index contributed by atoms with van der Waals surface area (Å²) in [4.78, 5) is 4.35. The van der Waals surface area contributed by atoms with Crippen molar-refractivity contribution >= 4 is 0 Å². The summed E-state index contributed by atoms with van der Waals surface area (Å²) >= 11 is 0. The third-order valence-electron chi connectivity index (χ3n) is 5.10. The van der Waals surface area contributed by atoms with Gasteiger partial charge in [0, 0.05) is 37.0 Å². The molecule has 1 atom stereocenters. The van der Waals surface area contributed by atoms with Crippen molar-refractivity contribution in [2.24, 2.45) is 11.5 Å². The first-order valence-electron chi connectivity index (χ1n) is 9.82. The van der Waals surface area contributed by atoms with Gasteiger partial charge in [0.25, 0.3) is 0 Å². The molecule has 7 heteroatoms. The summed E-state index contributed by atoms with van der Waals surface area (Å²) in [6.45, 7) is 3.01. The molecule has 1 unspecified atom stereocenters. The van der Waals surface area contributed by atoms with Crippen molar-refractivity contribution in [3.63, 3.8) is 0 Å². The maximum atomic E-state index is 6.04. The Bertz CT molecular complexity index is 1020. The van der Waals surface area contributed by atoms with Crippen LogP contribution in [0, 0.1) is 11.8 Å². The zero-order valence-corrected chi connectivity index (χ0v) is 16.5. The number of aryl methyl sites for hydroxylation is 1. The van der Waals surface area contributed by atoms with Crippen LogP contribution in [0.2, 0.25) is 0 Å². The van der Waals surface area contributed by atoms with Crippen LogP contribution in [0.25, 0.3) is 0 Å². The Morgan fingerprint density at radius 1 is 1.28 bits per heavy atom. The van der Waals surface area contributed by atoms with E-state index in [1.807, 2.05) is 41.1 Å². The van der Waals surface area contributed by atoms with Crippen molar-refractivity contribution in [1.29, 1.82) is 0 Å². The minimum absolute atomic E-state index is 0.125. The summed E-state index contributed by atoms with van der Waals surface area (Å²) < 4.78 is 13.2. The minimum Gasteiger partial charge on any atom is -0.492 e. The van der Waals surface area contributed by atoms with Crippen LogP contribution in [0.15, 0.2) is 47.2 Å². The van der Waals surface area contributed by atoms with Gasteiger partial charge in [0.2, 0.25) is 5.76 Å². The van der Waals surface area contributed by atoms with Crippen LogP contribution in [-0.4, -0.2) is 33.4 Å². The molecule has 4 N–H and O–H groups in total. The highest BCUT2D eigenvalue weighted by molar-refractivity contribution is 5.42. The van der Waals surface area contributed by atoms with Crippen molar-refractivity contribution in [2.75, 3.05) is 13.2 Å². The second-order valence-electron chi connectivity index (χ2n) is 7.40. The molecule has 7 nitrogen and oxygen atoms in total. The molecule has 0 radical (unpaired) electrons. The topological polar surface area (TPSA) is 105 Å². The van der Waals surface area contributed by atoms with Crippen LogP contribution in [0.3, 0.4) is 0 Å². The molecule has 1 aliphatic carbocycles. The van der Waals surface area contributed by atoms with Gasteiger partial charge in [-0.05, 0) is 43.0 Å². The van der Waals surface area contributed by atoms with Gasteiger partial charge in [-0.15, -0.1) is 0 Å². The van der Waals surface area contributed by atoms with Gasteiger partial charge in [-0.3, -0.25) is 0 Å². The summed E-state index contributed by atoms with van der Waals surface area (Å²) in [7, 11) is 0. The number of benzene rings is 1. The maximum absolute atomic E-state index is 6.04. The van der Waals surface area contributed by atoms with Crippen molar-refractivity contribution < 1.29 is 9.26 Å². The Balaban J connectivity index is 1.43. The molecule has 1 saturated carbocycles. The van der Waals surface area contributed by atoms with Crippen molar-refractivity contribution in [2.45, 2.75) is 37.8 Å². The van der Waals surface area contributed by atoms with E-state index in [1.165, 1.54) is 0 Å². The molecule has 2 aromatic heterocycles. The van der Waals surface area contributed by atoms with Crippen LogP contribution in [0.5, 0.6) is 5.75 Å². The van der Waals surface area contributed by atoms with Gasteiger partial charge >= 0.3 is 0 Å². The Morgan fingerprint density at radius 2 is 2.07 bits per heavy atom. The Labute approximate surface area is 170 Å². The highest BCUT2D eigenvalue weighted by Crippen LogP contribution is 2.32. The molecule has 0 bridgehead atoms. The fraction of sp³-hybridized carbons (Fsp3) is 0.364. The van der Waals surface area contributed by atoms with E-state index in [0.717, 1.165) is 42.1 Å². The number of imidazole rings is 1. The fourth-order valence-electron chi connectivity index (χ4n) is 3.08. The molecule has 0 spiro atoms. The van der Waals surface area contributed by atoms with E-state index in [0.29, 0.717) is 18.9 Å². The van der Waals surface area contributed by atoms with Gasteiger partial charge in [-0.2, -0.15) is 0 Å². The van der Waals surface area contributed by atoms with E-state index in [4.69, 9.17) is 20.7 Å². The predicted molar refractivity (Wildman–Crippen MR) is 109 cm³/mol. The first kappa shape index (κ1) is 19.2. The average Bonchev–Trinajstić information content (AvgIpc) is 3.12. The van der Waals surface area contributed by atoms with Gasteiger partial charge in [-0.1, -0.05) is 18.0 Å². The van der Waals surface area contributed by atoms with Gasteiger partial charge in [-0.25, -0.2) is 4.98 Å². The molecular weight excluding hydrogens is 366 g/mol. The highest BCUT2D eigenvalue weighted by atomic mass is 16.5. The van der Waals surface area contributed by atoms with E-state index < -0.39 is 0 Å². The van der Waals surface area contributed by atoms with Crippen molar-refractivity contribution in [3.05, 3.63) is 65.6 Å². The van der Waals surface area contributed by atoms with Gasteiger partial charge < -0.3 is 25.3 Å². The van der Waals surface area contributed by atoms with Crippen LogP contribution >= 0.6 is 0 Å². The molecule has 2 heterocycles. The molecular formula is C22H25N5O2. The molecule has 1 aromatic carbocycles. The molecule has 0 amide bonds. The second-order valence-corrected chi connectivity index (χ2v) is 7.40. The minimum atomic E-state index is -0.127. The molecule has 150 valence electrons. The first-order chi connectivity index (χ1) is 14.1. The van der Waals surface area contributed by atoms with Gasteiger partial charge in [0.15, 0.2) is 0 Å². The summed E-state index contributed by atoms with van der Waals surface area (Å²) in [6.07, 6.45) is 6.56. The standard InChI is InChI=1S/C22H25N5O2/c1-2-21-25-11-12-27(21)20(14-23)19-13-18(29-26-19)8-5-16-3-6-17(7-4-16)28-15-22(24)9-10-22/h3-4,6-7,11-13,20H,2,9-10,14-15,23-24H2,1H3. The lowest BCUT2D eigenvalue weighted by molar-refractivity contribution is 0.279. The largest absolute Gasteiger partial charge is 0.492 e. The van der Waals surface area contributed by atoms with E-state index >= 15 is 0 Å². The van der Waals surface area contributed by atoms with E-state index in [-0.39, 0.29) is 11.6 Å². The lowest BCUT2D eigenvalue weighted by Crippen LogP contribution is -2.29. The third kappa shape index (κ3) is 4.50. The zero-order valence-electron chi connectivity index (χ0n) is 16.5. The van der Waals surface area contributed by atoms with Crippen LogP contribution in [0.1, 0.15) is 48.6 Å². The van der Waals surface area contributed by atoms with Crippen LogP contribution in [-0.2, 0) is 6.42 Å². The van der Waals surface area contributed by atoms with Crippen molar-refractivity contribution in [1.82, 2.24) is 14.7 Å². The molecule has 3 aromatic rings. The highest BCUT2D eigenvalue weighted by Gasteiger charge is 2.39. The number of ether oxygens (including phenoxy) is 1. The molecule has 29 heavy (non-hydrogen) atoms. The van der Waals surface area contributed by atoms with Crippen LogP contribution in [0.4, 0.5) is 0 Å². The first-order valence-corrected chi connectivity index (χ1v) is 9.82. The lowest BCUT2D eigenvalue weighted by Gasteiger charge is -2.15. The van der Waals surface area contributed by atoms with E-state index in [2.05, 4.69) is 28.9 Å². The summed E-state index contributed by atoms with van der Waals surface area (Å²) in [5.74, 6) is 8.35. The van der Waals surface area contributed by atoms with Crippen LogP contribution < -0.4 is 16.2 Å². The predicted octanol–water partition coefficient (Wildman–Crippen LogP) is 2.25. The second kappa shape index (κ2) is 8.11. The Hall–Kier alpha value is -3.08. The van der Waals surface area contributed by atoms with Gasteiger partial charge in [0.1, 0.15) is 23.9 Å². The number of nitrogens with two attached hydrogens (primary N) is 2. The smallest absolute Gasteiger partial charge is 0.210 e. The molecule has 0 aliphatic heterocycles. The van der Waals surface area contributed by atoms with Crippen molar-refractivity contribution in [3.8, 4) is 17.6 Å². The third-order valence-corrected chi connectivity index (χ3v) is 5.10. The Kier molecular flexibility index (Phi) is 5.38. The zero-order chi connectivity index (χ0) is 20.3. The number of rotatable bonds is 7. The molecule has 4 rings (SSSR count). The SMILES string of the molecule is CCc1nccn1C(CN)c1cc(C#Cc2ccc(OCC3(N)CC3)cc2)on1. The normalized spacial score (nSPS) is 15.4. The number of hydrogen-bond acceptors (Lipinski definition) is 6. The maximum Gasteiger partial charge on any atom is 0.210 e. The van der Waals surface area contributed by atoms with Gasteiger partial charge in [0.05, 0.1) is 11.6 Å². The van der Waals surface area contributed by atoms with E-state index in [9.17, 15) is 0 Å². The molecule has 1 fully saturated rings. The quantitative estimate of drug-likeness (QED) is 0.599. The average molecular weight is 391 g/mol. The number of aromatic nitrogens is 3. The molecule has 1 aliphatic rings.